The van der Waals surface area contributed by atoms with Crippen LogP contribution in [0.1, 0.15) is 86.5 Å². The summed E-state index contributed by atoms with van der Waals surface area (Å²) in [5.74, 6) is -1.40. The Balaban J connectivity index is 1.69. The van der Waals surface area contributed by atoms with Crippen LogP contribution < -0.4 is 5.32 Å². The van der Waals surface area contributed by atoms with Crippen molar-refractivity contribution >= 4 is 17.7 Å². The van der Waals surface area contributed by atoms with E-state index in [0.29, 0.717) is 25.7 Å². The number of hydrogen-bond acceptors (Lipinski definition) is 5. The van der Waals surface area contributed by atoms with E-state index in [1.807, 2.05) is 13.0 Å². The lowest BCUT2D eigenvalue weighted by Gasteiger charge is -2.69. The van der Waals surface area contributed by atoms with Crippen molar-refractivity contribution in [1.82, 2.24) is 5.32 Å². The summed E-state index contributed by atoms with van der Waals surface area (Å²) >= 11 is 0. The summed E-state index contributed by atoms with van der Waals surface area (Å²) in [5.41, 5.74) is -3.05. The van der Waals surface area contributed by atoms with Gasteiger partial charge in [0.05, 0.1) is 5.57 Å². The van der Waals surface area contributed by atoms with Crippen molar-refractivity contribution in [1.29, 1.82) is 5.26 Å². The summed E-state index contributed by atoms with van der Waals surface area (Å²) in [6.45, 7) is 12.3. The Bertz CT molecular complexity index is 1210. The number of Topliss-reactive ketones (excluding diaryl/α,β-unsaturated/α-hetero) is 1. The molecule has 37 heavy (non-hydrogen) atoms. The molecule has 5 aliphatic carbocycles. The molecular weight excluding hydrogens is 468 g/mol. The molecule has 3 N–H and O–H groups in total. The van der Waals surface area contributed by atoms with Crippen LogP contribution in [0.25, 0.3) is 0 Å². The zero-order valence-electron chi connectivity index (χ0n) is 22.9. The molecule has 0 spiro atoms. The van der Waals surface area contributed by atoms with Gasteiger partial charge in [-0.25, -0.2) is 4.79 Å². The molecule has 0 aromatic rings. The maximum Gasteiger partial charge on any atom is 0.405 e. The maximum atomic E-state index is 14.3. The van der Waals surface area contributed by atoms with Crippen LogP contribution in [0.15, 0.2) is 23.3 Å². The van der Waals surface area contributed by atoms with Crippen molar-refractivity contribution in [3.63, 3.8) is 0 Å². The van der Waals surface area contributed by atoms with Crippen LogP contribution in [0.3, 0.4) is 0 Å². The topological polar surface area (TPSA) is 127 Å². The monoisotopic (exact) mass is 508 g/mol. The molecule has 200 valence electrons. The molecule has 0 aliphatic heterocycles. The Morgan fingerprint density at radius 1 is 1.05 bits per heavy atom. The van der Waals surface area contributed by atoms with Gasteiger partial charge in [-0.1, -0.05) is 46.3 Å². The van der Waals surface area contributed by atoms with Crippen molar-refractivity contribution in [3.8, 4) is 6.07 Å². The van der Waals surface area contributed by atoms with Crippen molar-refractivity contribution in [2.75, 3.05) is 0 Å². The van der Waals surface area contributed by atoms with Crippen molar-refractivity contribution in [2.45, 2.75) is 97.6 Å². The molecule has 0 bridgehead atoms. The van der Waals surface area contributed by atoms with E-state index < -0.39 is 45.2 Å². The highest BCUT2D eigenvalue weighted by atomic mass is 16.4. The molecule has 0 unspecified atom stereocenters. The summed E-state index contributed by atoms with van der Waals surface area (Å²) in [5, 5.41) is 33.8. The van der Waals surface area contributed by atoms with Crippen LogP contribution in [0.5, 0.6) is 0 Å². The minimum absolute atomic E-state index is 0.00822. The Morgan fingerprint density at radius 2 is 1.70 bits per heavy atom. The lowest BCUT2D eigenvalue weighted by atomic mass is 9.35. The third kappa shape index (κ3) is 3.24. The smallest absolute Gasteiger partial charge is 0.405 e. The summed E-state index contributed by atoms with van der Waals surface area (Å²) in [6.07, 6.45) is 7.55. The van der Waals surface area contributed by atoms with E-state index in [1.165, 1.54) is 6.92 Å². The fourth-order valence-electron chi connectivity index (χ4n) is 9.74. The van der Waals surface area contributed by atoms with Gasteiger partial charge in [-0.2, -0.15) is 5.26 Å². The van der Waals surface area contributed by atoms with E-state index in [-0.39, 0.29) is 28.6 Å². The fraction of sp³-hybridized carbons (Fsp3) is 0.733. The first kappa shape index (κ1) is 26.2. The molecule has 5 rings (SSSR count). The van der Waals surface area contributed by atoms with E-state index in [0.717, 1.165) is 24.8 Å². The number of carbonyl (C=O) groups is 3. The molecule has 7 nitrogen and oxygen atoms in total. The van der Waals surface area contributed by atoms with Gasteiger partial charge < -0.3 is 15.5 Å². The first-order valence-corrected chi connectivity index (χ1v) is 13.7. The van der Waals surface area contributed by atoms with Crippen LogP contribution in [0.4, 0.5) is 4.79 Å². The molecule has 8 atom stereocenters. The van der Waals surface area contributed by atoms with E-state index in [2.05, 4.69) is 33.0 Å². The predicted molar refractivity (Wildman–Crippen MR) is 137 cm³/mol. The number of nitrogens with zero attached hydrogens (tertiary/aromatic N) is 1. The van der Waals surface area contributed by atoms with Gasteiger partial charge in [0.1, 0.15) is 11.7 Å². The predicted octanol–water partition coefficient (Wildman–Crippen LogP) is 4.95. The number of nitriles is 1. The zero-order chi connectivity index (χ0) is 27.4. The Hall–Kier alpha value is -2.46. The van der Waals surface area contributed by atoms with Gasteiger partial charge in [-0.05, 0) is 80.1 Å². The molecular formula is C30H40N2O5. The number of aliphatic hydroxyl groups is 1. The highest BCUT2D eigenvalue weighted by Crippen LogP contribution is 2.72. The lowest BCUT2D eigenvalue weighted by molar-refractivity contribution is -0.166. The minimum atomic E-state index is -1.68. The number of nitrogens with one attached hydrogen (secondary N) is 1. The molecule has 0 radical (unpaired) electrons. The largest absolute Gasteiger partial charge is 0.465 e. The molecule has 0 heterocycles. The number of rotatable bonds is 1. The number of carboxylic acid groups (broad SMARTS) is 1. The van der Waals surface area contributed by atoms with Crippen LogP contribution in [-0.4, -0.2) is 39.0 Å². The maximum absolute atomic E-state index is 14.3. The van der Waals surface area contributed by atoms with Gasteiger partial charge in [0.25, 0.3) is 0 Å². The fourth-order valence-corrected chi connectivity index (χ4v) is 9.74. The van der Waals surface area contributed by atoms with Crippen LogP contribution >= 0.6 is 0 Å². The van der Waals surface area contributed by atoms with Gasteiger partial charge in [-0.15, -0.1) is 0 Å². The Morgan fingerprint density at radius 3 is 2.32 bits per heavy atom. The number of amides is 1. The van der Waals surface area contributed by atoms with Crippen molar-refractivity contribution in [3.05, 3.63) is 23.3 Å². The third-order valence-corrected chi connectivity index (χ3v) is 11.9. The molecule has 0 aromatic heterocycles. The van der Waals surface area contributed by atoms with Crippen molar-refractivity contribution in [2.24, 2.45) is 39.4 Å². The third-order valence-electron chi connectivity index (χ3n) is 11.9. The molecule has 3 fully saturated rings. The molecule has 0 saturated heterocycles. The standard InChI is InChI=1S/C30H40N2O5/c1-25(2)9-11-30(32-24(35)36)12-10-28(5)22(18(30)15-25)19(33)13-21-26(3)14-17(16-31)23(34)29(6,37)20(26)7-8-27(21,28)4/h13-14,18,20,22,32,37H,7-12,15H2,1-6H3,(H,35,36)/t18-,20+,22-,26-,27+,28+,29-,30-/m0/s1. The summed E-state index contributed by atoms with van der Waals surface area (Å²) in [6, 6.07) is 2.00. The molecule has 7 heteroatoms. The van der Waals surface area contributed by atoms with E-state index in [1.54, 1.807) is 12.2 Å². The van der Waals surface area contributed by atoms with E-state index in [9.17, 15) is 29.9 Å². The minimum Gasteiger partial charge on any atom is -0.465 e. The number of carbonyl (C=O) groups excluding carboxylic acids is 2. The molecule has 1 amide bonds. The second-order valence-electron chi connectivity index (χ2n) is 14.3. The van der Waals surface area contributed by atoms with Gasteiger partial charge in [0.2, 0.25) is 5.78 Å². The second kappa shape index (κ2) is 7.56. The summed E-state index contributed by atoms with van der Waals surface area (Å²) in [7, 11) is 0. The molecule has 5 aliphatic rings. The summed E-state index contributed by atoms with van der Waals surface area (Å²) in [4.78, 5) is 39.1. The van der Waals surface area contributed by atoms with E-state index >= 15 is 0 Å². The highest BCUT2D eigenvalue weighted by Gasteiger charge is 2.70. The number of hydrogen-bond donors (Lipinski definition) is 3. The Labute approximate surface area is 219 Å². The van der Waals surface area contributed by atoms with Gasteiger partial charge in [0.15, 0.2) is 5.78 Å². The van der Waals surface area contributed by atoms with Crippen LogP contribution in [0.2, 0.25) is 0 Å². The van der Waals surface area contributed by atoms with Crippen LogP contribution in [-0.2, 0) is 9.59 Å². The van der Waals surface area contributed by atoms with E-state index in [4.69, 9.17) is 0 Å². The average molecular weight is 509 g/mol. The molecule has 3 saturated carbocycles. The number of allylic oxidation sites excluding steroid dienone is 3. The molecule has 0 aromatic carbocycles. The second-order valence-corrected chi connectivity index (χ2v) is 14.3. The first-order valence-electron chi connectivity index (χ1n) is 13.7. The number of ketones is 2. The average Bonchev–Trinajstić information content (AvgIpc) is 2.78. The lowest BCUT2D eigenvalue weighted by Crippen LogP contribution is -2.70. The van der Waals surface area contributed by atoms with Crippen LogP contribution in [0, 0.1) is 50.7 Å². The zero-order valence-corrected chi connectivity index (χ0v) is 22.9. The van der Waals surface area contributed by atoms with Crippen molar-refractivity contribution < 1.29 is 24.6 Å². The number of fused-ring (bicyclic) bond motifs is 7. The first-order chi connectivity index (χ1) is 17.0. The van der Waals surface area contributed by atoms with Gasteiger partial charge in [-0.3, -0.25) is 9.59 Å². The normalized spacial score (nSPS) is 48.2. The summed E-state index contributed by atoms with van der Waals surface area (Å²) < 4.78 is 0. The Kier molecular flexibility index (Phi) is 5.34. The highest BCUT2D eigenvalue weighted by molar-refractivity contribution is 6.06. The van der Waals surface area contributed by atoms with Gasteiger partial charge in [0, 0.05) is 22.8 Å². The van der Waals surface area contributed by atoms with Gasteiger partial charge >= 0.3 is 6.09 Å². The SMILES string of the molecule is CC1(C)CC[C@]2(NC(=O)O)CC[C@]3(C)[C@H](C(=O)C=C4[C@@]5(C)C=C(C#N)C(=O)[C@@](C)(O)[C@@H]5CC[C@]43C)[C@@H]2C1. The quantitative estimate of drug-likeness (QED) is 0.460.